The summed E-state index contributed by atoms with van der Waals surface area (Å²) in [5.41, 5.74) is 7.91. The molecule has 0 unspecified atom stereocenters. The molecule has 1 heterocycles. The van der Waals surface area contributed by atoms with Crippen molar-refractivity contribution in [1.82, 2.24) is 9.88 Å². The normalized spacial score (nSPS) is 14.9. The van der Waals surface area contributed by atoms with Crippen molar-refractivity contribution in [2.75, 3.05) is 0 Å². The first-order valence-electron chi connectivity index (χ1n) is 6.34. The lowest BCUT2D eigenvalue weighted by atomic mass is 10.1. The van der Waals surface area contributed by atoms with Crippen LogP contribution < -0.4 is 11.1 Å². The predicted molar refractivity (Wildman–Crippen MR) is 71.0 cm³/mol. The van der Waals surface area contributed by atoms with E-state index in [4.69, 9.17) is 5.73 Å². The third kappa shape index (κ3) is 2.11. The molecule has 1 saturated carbocycles. The van der Waals surface area contributed by atoms with Gasteiger partial charge < -0.3 is 15.6 Å². The van der Waals surface area contributed by atoms with Crippen molar-refractivity contribution in [1.29, 1.82) is 0 Å². The lowest BCUT2D eigenvalue weighted by Crippen LogP contribution is -2.29. The first kappa shape index (κ1) is 11.3. The Hall–Kier alpha value is -1.81. The molecule has 3 rings (SSSR count). The number of nitrogens with two attached hydrogens (primary N) is 1. The van der Waals surface area contributed by atoms with Gasteiger partial charge in [0.15, 0.2) is 0 Å². The van der Waals surface area contributed by atoms with Crippen LogP contribution in [0.4, 0.5) is 0 Å². The van der Waals surface area contributed by atoms with Gasteiger partial charge >= 0.3 is 0 Å². The topological polar surface area (TPSA) is 60.0 Å². The zero-order valence-electron chi connectivity index (χ0n) is 10.2. The van der Waals surface area contributed by atoms with Crippen molar-refractivity contribution >= 4 is 16.8 Å². The Morgan fingerprint density at radius 3 is 2.94 bits per heavy atom. The van der Waals surface area contributed by atoms with E-state index in [1.807, 2.05) is 35.0 Å². The Kier molecular flexibility index (Phi) is 2.80. The maximum atomic E-state index is 11.8. The number of nitrogens with one attached hydrogen (secondary N) is 1. The van der Waals surface area contributed by atoms with Gasteiger partial charge in [-0.05, 0) is 29.9 Å². The van der Waals surface area contributed by atoms with E-state index in [0.29, 0.717) is 19.1 Å². The molecule has 4 nitrogen and oxygen atoms in total. The van der Waals surface area contributed by atoms with Crippen LogP contribution in [0.1, 0.15) is 18.4 Å². The van der Waals surface area contributed by atoms with E-state index in [1.165, 1.54) is 0 Å². The van der Waals surface area contributed by atoms with E-state index in [2.05, 4.69) is 5.32 Å². The van der Waals surface area contributed by atoms with Crippen molar-refractivity contribution in [3.8, 4) is 0 Å². The van der Waals surface area contributed by atoms with Gasteiger partial charge in [-0.2, -0.15) is 0 Å². The average Bonchev–Trinajstić information content (AvgIpc) is 3.09. The quantitative estimate of drug-likeness (QED) is 0.852. The lowest BCUT2D eigenvalue weighted by molar-refractivity contribution is -0.121. The summed E-state index contributed by atoms with van der Waals surface area (Å²) in [6, 6.07) is 8.49. The molecular weight excluding hydrogens is 226 g/mol. The third-order valence-corrected chi connectivity index (χ3v) is 3.35. The van der Waals surface area contributed by atoms with Crippen LogP contribution in [0.15, 0.2) is 30.5 Å². The molecule has 3 N–H and O–H groups in total. The second kappa shape index (κ2) is 4.46. The summed E-state index contributed by atoms with van der Waals surface area (Å²) >= 11 is 0. The van der Waals surface area contributed by atoms with E-state index in [0.717, 1.165) is 29.3 Å². The Balaban J connectivity index is 1.88. The molecule has 4 heteroatoms. The molecule has 18 heavy (non-hydrogen) atoms. The number of nitrogens with zero attached hydrogens (tertiary/aromatic N) is 1. The van der Waals surface area contributed by atoms with Gasteiger partial charge in [0.2, 0.25) is 5.91 Å². The molecule has 94 valence electrons. The number of hydrogen-bond acceptors (Lipinski definition) is 2. The van der Waals surface area contributed by atoms with Crippen molar-refractivity contribution in [2.24, 2.45) is 5.73 Å². The number of fused-ring (bicyclic) bond motifs is 1. The van der Waals surface area contributed by atoms with Crippen LogP contribution in [0, 0.1) is 0 Å². The SMILES string of the molecule is NCc1cccc2ccn(CC(=O)NC3CC3)c12. The molecule has 1 aliphatic carbocycles. The van der Waals surface area contributed by atoms with Crippen molar-refractivity contribution in [3.63, 3.8) is 0 Å². The fourth-order valence-corrected chi connectivity index (χ4v) is 2.29. The van der Waals surface area contributed by atoms with E-state index in [1.54, 1.807) is 0 Å². The zero-order valence-corrected chi connectivity index (χ0v) is 10.2. The van der Waals surface area contributed by atoms with Gasteiger partial charge in [0.1, 0.15) is 6.54 Å². The number of rotatable bonds is 4. The van der Waals surface area contributed by atoms with Gasteiger partial charge in [-0.3, -0.25) is 4.79 Å². The lowest BCUT2D eigenvalue weighted by Gasteiger charge is -2.09. The monoisotopic (exact) mass is 243 g/mol. The molecular formula is C14H17N3O. The number of para-hydroxylation sites is 1. The molecule has 0 aliphatic heterocycles. The molecule has 0 spiro atoms. The molecule has 0 bridgehead atoms. The molecule has 1 fully saturated rings. The van der Waals surface area contributed by atoms with E-state index in [9.17, 15) is 4.79 Å². The van der Waals surface area contributed by atoms with Crippen molar-refractivity contribution in [2.45, 2.75) is 32.0 Å². The Morgan fingerprint density at radius 2 is 2.22 bits per heavy atom. The molecule has 1 aromatic heterocycles. The summed E-state index contributed by atoms with van der Waals surface area (Å²) in [5, 5.41) is 4.14. The fraction of sp³-hybridized carbons (Fsp3) is 0.357. The molecule has 1 aliphatic rings. The molecule has 1 amide bonds. The van der Waals surface area contributed by atoms with Crippen molar-refractivity contribution in [3.05, 3.63) is 36.0 Å². The van der Waals surface area contributed by atoms with Gasteiger partial charge in [-0.15, -0.1) is 0 Å². The molecule has 1 aromatic carbocycles. The molecule has 2 aromatic rings. The summed E-state index contributed by atoms with van der Waals surface area (Å²) in [4.78, 5) is 11.8. The second-order valence-corrected chi connectivity index (χ2v) is 4.84. The maximum absolute atomic E-state index is 11.8. The predicted octanol–water partition coefficient (Wildman–Crippen LogP) is 1.38. The Bertz CT molecular complexity index is 584. The largest absolute Gasteiger partial charge is 0.352 e. The van der Waals surface area contributed by atoms with Crippen LogP contribution in [-0.4, -0.2) is 16.5 Å². The molecule has 0 saturated heterocycles. The number of hydrogen-bond donors (Lipinski definition) is 2. The summed E-state index contributed by atoms with van der Waals surface area (Å²) in [5.74, 6) is 0.0850. The molecule has 0 radical (unpaired) electrons. The van der Waals surface area contributed by atoms with Gasteiger partial charge in [-0.25, -0.2) is 0 Å². The highest BCUT2D eigenvalue weighted by Gasteiger charge is 2.23. The maximum Gasteiger partial charge on any atom is 0.240 e. The fourth-order valence-electron chi connectivity index (χ4n) is 2.29. The summed E-state index contributed by atoms with van der Waals surface area (Å²) in [7, 11) is 0. The van der Waals surface area contributed by atoms with Gasteiger partial charge in [-0.1, -0.05) is 18.2 Å². The Morgan fingerprint density at radius 1 is 1.39 bits per heavy atom. The van der Waals surface area contributed by atoms with Crippen LogP contribution in [-0.2, 0) is 17.9 Å². The molecule has 0 atom stereocenters. The van der Waals surface area contributed by atoms with Crippen LogP contribution in [0.25, 0.3) is 10.9 Å². The van der Waals surface area contributed by atoms with Crippen LogP contribution in [0.2, 0.25) is 0 Å². The van der Waals surface area contributed by atoms with Crippen LogP contribution in [0.3, 0.4) is 0 Å². The van der Waals surface area contributed by atoms with Gasteiger partial charge in [0, 0.05) is 18.8 Å². The standard InChI is InChI=1S/C14H17N3O/c15-8-11-3-1-2-10-6-7-17(14(10)11)9-13(18)16-12-4-5-12/h1-3,6-7,12H,4-5,8-9,15H2,(H,16,18). The highest BCUT2D eigenvalue weighted by Crippen LogP contribution is 2.21. The summed E-state index contributed by atoms with van der Waals surface area (Å²) < 4.78 is 1.98. The minimum Gasteiger partial charge on any atom is -0.352 e. The Labute approximate surface area is 106 Å². The average molecular weight is 243 g/mol. The minimum absolute atomic E-state index is 0.0850. The number of amides is 1. The third-order valence-electron chi connectivity index (χ3n) is 3.35. The van der Waals surface area contributed by atoms with Crippen LogP contribution in [0.5, 0.6) is 0 Å². The first-order chi connectivity index (χ1) is 8.78. The summed E-state index contributed by atoms with van der Waals surface area (Å²) in [6.07, 6.45) is 4.19. The second-order valence-electron chi connectivity index (χ2n) is 4.84. The van der Waals surface area contributed by atoms with Gasteiger partial charge in [0.05, 0.1) is 5.52 Å². The van der Waals surface area contributed by atoms with Crippen molar-refractivity contribution < 1.29 is 4.79 Å². The van der Waals surface area contributed by atoms with E-state index >= 15 is 0 Å². The number of benzene rings is 1. The number of carbonyl (C=O) groups excluding carboxylic acids is 1. The number of aromatic nitrogens is 1. The smallest absolute Gasteiger partial charge is 0.240 e. The van der Waals surface area contributed by atoms with Crippen LogP contribution >= 0.6 is 0 Å². The van der Waals surface area contributed by atoms with E-state index in [-0.39, 0.29) is 5.91 Å². The zero-order chi connectivity index (χ0) is 12.5. The van der Waals surface area contributed by atoms with E-state index < -0.39 is 0 Å². The number of carbonyl (C=O) groups is 1. The minimum atomic E-state index is 0.0850. The van der Waals surface area contributed by atoms with Gasteiger partial charge in [0.25, 0.3) is 0 Å². The first-order valence-corrected chi connectivity index (χ1v) is 6.34. The highest BCUT2D eigenvalue weighted by molar-refractivity contribution is 5.85. The summed E-state index contributed by atoms with van der Waals surface area (Å²) in [6.45, 7) is 0.864. The highest BCUT2D eigenvalue weighted by atomic mass is 16.2.